The summed E-state index contributed by atoms with van der Waals surface area (Å²) in [5, 5.41) is 9.52. The minimum Gasteiger partial charge on any atom is -0.342 e. The largest absolute Gasteiger partial charge is 0.342 e. The molecule has 1 aliphatic rings. The molecule has 8 heteroatoms. The molecule has 0 spiro atoms. The maximum absolute atomic E-state index is 13.2. The first kappa shape index (κ1) is 18.8. The van der Waals surface area contributed by atoms with Gasteiger partial charge in [0.2, 0.25) is 5.91 Å². The second-order valence-corrected chi connectivity index (χ2v) is 6.84. The third-order valence-corrected chi connectivity index (χ3v) is 4.57. The third kappa shape index (κ3) is 4.31. The minimum absolute atomic E-state index is 0.105. The fourth-order valence-electron chi connectivity index (χ4n) is 2.94. The molecule has 29 heavy (non-hydrogen) atoms. The van der Waals surface area contributed by atoms with Gasteiger partial charge in [0, 0.05) is 17.7 Å². The van der Waals surface area contributed by atoms with Gasteiger partial charge in [0.1, 0.15) is 5.69 Å². The number of para-hydroxylation sites is 1. The molecule has 2 N–H and O–H groups in total. The summed E-state index contributed by atoms with van der Waals surface area (Å²) in [4.78, 5) is 24.7. The fourth-order valence-corrected chi connectivity index (χ4v) is 2.94. The highest BCUT2D eigenvalue weighted by atomic mass is 19.2. The lowest BCUT2D eigenvalue weighted by Crippen LogP contribution is -2.34. The molecular weight excluding hydrogens is 378 g/mol. The van der Waals surface area contributed by atoms with Crippen LogP contribution in [0.5, 0.6) is 0 Å². The first-order valence-electron chi connectivity index (χ1n) is 9.20. The Hall–Kier alpha value is -3.55. The Morgan fingerprint density at radius 2 is 1.79 bits per heavy atom. The number of carbonyl (C=O) groups excluding carboxylic acids is 2. The standard InChI is InChI=1S/C21H18F2N4O2/c22-16-9-8-14(10-17(16)23)25-20(28)12-24-21(29)19-11-18(13-6-7-13)26-27(19)15-4-2-1-3-5-15/h1-5,8-11,13H,6-7,12H2,(H,24,29)(H,25,28). The van der Waals surface area contributed by atoms with Crippen molar-refractivity contribution >= 4 is 17.5 Å². The molecule has 0 aliphatic heterocycles. The van der Waals surface area contributed by atoms with Gasteiger partial charge in [-0.1, -0.05) is 18.2 Å². The monoisotopic (exact) mass is 396 g/mol. The van der Waals surface area contributed by atoms with Crippen molar-refractivity contribution in [1.29, 1.82) is 0 Å². The second kappa shape index (κ2) is 7.83. The molecule has 1 saturated carbocycles. The van der Waals surface area contributed by atoms with Crippen LogP contribution in [0.2, 0.25) is 0 Å². The molecule has 2 amide bonds. The Bertz CT molecular complexity index is 1060. The van der Waals surface area contributed by atoms with Crippen LogP contribution in [-0.4, -0.2) is 28.1 Å². The number of carbonyl (C=O) groups is 2. The predicted molar refractivity (Wildman–Crippen MR) is 103 cm³/mol. The average molecular weight is 396 g/mol. The van der Waals surface area contributed by atoms with Crippen LogP contribution in [0.15, 0.2) is 54.6 Å². The van der Waals surface area contributed by atoms with E-state index in [0.29, 0.717) is 11.6 Å². The number of anilines is 1. The summed E-state index contributed by atoms with van der Waals surface area (Å²) in [6.45, 7) is -0.323. The van der Waals surface area contributed by atoms with Gasteiger partial charge < -0.3 is 10.6 Å². The zero-order valence-corrected chi connectivity index (χ0v) is 15.4. The highest BCUT2D eigenvalue weighted by Crippen LogP contribution is 2.39. The van der Waals surface area contributed by atoms with Crippen molar-refractivity contribution in [3.63, 3.8) is 0 Å². The molecule has 4 rings (SSSR count). The van der Waals surface area contributed by atoms with E-state index in [1.165, 1.54) is 6.07 Å². The first-order chi connectivity index (χ1) is 14.0. The zero-order valence-electron chi connectivity index (χ0n) is 15.4. The summed E-state index contributed by atoms with van der Waals surface area (Å²) in [5.41, 5.74) is 2.04. The molecule has 0 atom stereocenters. The van der Waals surface area contributed by atoms with Crippen LogP contribution >= 0.6 is 0 Å². The quantitative estimate of drug-likeness (QED) is 0.671. The molecule has 1 heterocycles. The van der Waals surface area contributed by atoms with Gasteiger partial charge >= 0.3 is 0 Å². The first-order valence-corrected chi connectivity index (χ1v) is 9.20. The predicted octanol–water partition coefficient (Wildman–Crippen LogP) is 3.40. The molecule has 1 aromatic heterocycles. The van der Waals surface area contributed by atoms with Crippen LogP contribution < -0.4 is 10.6 Å². The zero-order chi connectivity index (χ0) is 20.4. The van der Waals surface area contributed by atoms with Crippen molar-refractivity contribution in [3.8, 4) is 5.69 Å². The highest BCUT2D eigenvalue weighted by molar-refractivity contribution is 5.98. The molecule has 2 aromatic carbocycles. The summed E-state index contributed by atoms with van der Waals surface area (Å²) in [7, 11) is 0. The summed E-state index contributed by atoms with van der Waals surface area (Å²) in [6.07, 6.45) is 2.09. The Morgan fingerprint density at radius 3 is 2.48 bits per heavy atom. The molecule has 0 saturated heterocycles. The van der Waals surface area contributed by atoms with E-state index >= 15 is 0 Å². The van der Waals surface area contributed by atoms with Crippen molar-refractivity contribution in [2.45, 2.75) is 18.8 Å². The Morgan fingerprint density at radius 1 is 1.03 bits per heavy atom. The fraction of sp³-hybridized carbons (Fsp3) is 0.190. The van der Waals surface area contributed by atoms with E-state index in [4.69, 9.17) is 0 Å². The van der Waals surface area contributed by atoms with Crippen molar-refractivity contribution in [2.24, 2.45) is 0 Å². The van der Waals surface area contributed by atoms with Crippen molar-refractivity contribution in [3.05, 3.63) is 77.6 Å². The Labute approximate surface area is 165 Å². The molecular formula is C21H18F2N4O2. The number of nitrogens with one attached hydrogen (secondary N) is 2. The average Bonchev–Trinajstić information content (AvgIpc) is 3.48. The molecule has 1 aliphatic carbocycles. The lowest BCUT2D eigenvalue weighted by molar-refractivity contribution is -0.115. The lowest BCUT2D eigenvalue weighted by atomic mass is 10.2. The number of rotatable bonds is 6. The van der Waals surface area contributed by atoms with Gasteiger partial charge in [-0.2, -0.15) is 5.10 Å². The molecule has 0 radical (unpaired) electrons. The van der Waals surface area contributed by atoms with Crippen LogP contribution in [-0.2, 0) is 4.79 Å². The summed E-state index contributed by atoms with van der Waals surface area (Å²) in [5.74, 6) is -2.71. The van der Waals surface area contributed by atoms with Gasteiger partial charge in [0.15, 0.2) is 11.6 Å². The molecule has 148 valence electrons. The van der Waals surface area contributed by atoms with Gasteiger partial charge in [-0.05, 0) is 43.2 Å². The molecule has 0 bridgehead atoms. The van der Waals surface area contributed by atoms with Crippen LogP contribution in [0.4, 0.5) is 14.5 Å². The number of hydrogen-bond donors (Lipinski definition) is 2. The van der Waals surface area contributed by atoms with Crippen LogP contribution in [0.3, 0.4) is 0 Å². The summed E-state index contributed by atoms with van der Waals surface area (Å²) in [6, 6.07) is 14.0. The SMILES string of the molecule is O=C(CNC(=O)c1cc(C2CC2)nn1-c1ccccc1)Nc1ccc(F)c(F)c1. The van der Waals surface area contributed by atoms with E-state index in [2.05, 4.69) is 15.7 Å². The van der Waals surface area contributed by atoms with Gasteiger partial charge in [0.05, 0.1) is 17.9 Å². The second-order valence-electron chi connectivity index (χ2n) is 6.84. The van der Waals surface area contributed by atoms with E-state index in [-0.39, 0.29) is 12.2 Å². The number of nitrogens with zero attached hydrogens (tertiary/aromatic N) is 2. The van der Waals surface area contributed by atoms with Gasteiger partial charge in [-0.25, -0.2) is 13.5 Å². The molecule has 6 nitrogen and oxygen atoms in total. The number of amides is 2. The van der Waals surface area contributed by atoms with Crippen LogP contribution in [0.25, 0.3) is 5.69 Å². The molecule has 1 fully saturated rings. The summed E-state index contributed by atoms with van der Waals surface area (Å²) < 4.78 is 27.8. The van der Waals surface area contributed by atoms with Gasteiger partial charge in [0.25, 0.3) is 5.91 Å². The third-order valence-electron chi connectivity index (χ3n) is 4.57. The lowest BCUT2D eigenvalue weighted by Gasteiger charge is -2.09. The number of hydrogen-bond acceptors (Lipinski definition) is 3. The van der Waals surface area contributed by atoms with Crippen LogP contribution in [0, 0.1) is 11.6 Å². The smallest absolute Gasteiger partial charge is 0.270 e. The summed E-state index contributed by atoms with van der Waals surface area (Å²) >= 11 is 0. The van der Waals surface area contributed by atoms with E-state index < -0.39 is 23.4 Å². The van der Waals surface area contributed by atoms with Gasteiger partial charge in [-0.3, -0.25) is 9.59 Å². The van der Waals surface area contributed by atoms with Crippen molar-refractivity contribution < 1.29 is 18.4 Å². The number of benzene rings is 2. The molecule has 0 unspecified atom stereocenters. The van der Waals surface area contributed by atoms with Gasteiger partial charge in [-0.15, -0.1) is 0 Å². The maximum atomic E-state index is 13.2. The normalized spacial score (nSPS) is 13.2. The number of halogens is 2. The topological polar surface area (TPSA) is 76.0 Å². The van der Waals surface area contributed by atoms with Crippen molar-refractivity contribution in [1.82, 2.24) is 15.1 Å². The number of aromatic nitrogens is 2. The maximum Gasteiger partial charge on any atom is 0.270 e. The highest BCUT2D eigenvalue weighted by Gasteiger charge is 2.29. The van der Waals surface area contributed by atoms with E-state index in [9.17, 15) is 18.4 Å². The van der Waals surface area contributed by atoms with Crippen molar-refractivity contribution in [2.75, 3.05) is 11.9 Å². The van der Waals surface area contributed by atoms with Crippen LogP contribution in [0.1, 0.15) is 34.9 Å². The van der Waals surface area contributed by atoms with E-state index in [1.54, 1.807) is 10.7 Å². The minimum atomic E-state index is -1.06. The Balaban J connectivity index is 1.45. The molecule has 3 aromatic rings. The Kier molecular flexibility index (Phi) is 5.07. The van der Waals surface area contributed by atoms with E-state index in [1.807, 2.05) is 30.3 Å². The van der Waals surface area contributed by atoms with E-state index in [0.717, 1.165) is 36.4 Å².